The maximum Gasteiger partial charge on any atom is 0.290 e. The molecule has 1 atom stereocenters. The van der Waals surface area contributed by atoms with Gasteiger partial charge >= 0.3 is 0 Å². The van der Waals surface area contributed by atoms with Crippen molar-refractivity contribution in [3.63, 3.8) is 0 Å². The van der Waals surface area contributed by atoms with Gasteiger partial charge in [-0.05, 0) is 104 Å². The third kappa shape index (κ3) is 14.3. The van der Waals surface area contributed by atoms with Crippen LogP contribution in [0.5, 0.6) is 0 Å². The number of carboxylic acid groups (broad SMARTS) is 1. The molecule has 3 aromatic carbocycles. The van der Waals surface area contributed by atoms with Gasteiger partial charge in [0, 0.05) is 13.5 Å². The van der Waals surface area contributed by atoms with E-state index in [0.29, 0.717) is 0 Å². The number of rotatable bonds is 14. The number of hydrogen-bond acceptors (Lipinski definition) is 2. The van der Waals surface area contributed by atoms with Crippen molar-refractivity contribution < 1.29 is 14.6 Å². The Morgan fingerprint density at radius 2 is 1.10 bits per heavy atom. The molecular weight excluding hydrogens is 588 g/mol. The van der Waals surface area contributed by atoms with Crippen LogP contribution >= 0.6 is 0 Å². The minimum Gasteiger partial charge on any atom is -0.483 e. The largest absolute Gasteiger partial charge is 0.483 e. The third-order valence-electron chi connectivity index (χ3n) is 11.0. The zero-order valence-corrected chi connectivity index (χ0v) is 30.8. The molecule has 0 radical (unpaired) electrons. The predicted octanol–water partition coefficient (Wildman–Crippen LogP) is 13.0. The maximum atomic E-state index is 8.36. The quantitative estimate of drug-likeness (QED) is 0.139. The lowest BCUT2D eigenvalue weighted by molar-refractivity contribution is -0.122. The first-order chi connectivity index (χ1) is 23.5. The number of carbonyl (C=O) groups is 1. The van der Waals surface area contributed by atoms with Gasteiger partial charge in [0.1, 0.15) is 0 Å². The summed E-state index contributed by atoms with van der Waals surface area (Å²) >= 11 is 0. The van der Waals surface area contributed by atoms with Gasteiger partial charge in [0.15, 0.2) is 0 Å². The van der Waals surface area contributed by atoms with Crippen LogP contribution in [0.2, 0.25) is 0 Å². The van der Waals surface area contributed by atoms with Crippen LogP contribution in [-0.2, 0) is 16.0 Å². The van der Waals surface area contributed by atoms with Crippen LogP contribution in [-0.4, -0.2) is 18.7 Å². The molecule has 0 bridgehead atoms. The van der Waals surface area contributed by atoms with Crippen LogP contribution in [0.3, 0.4) is 0 Å². The monoisotopic (exact) mass is 655 g/mol. The van der Waals surface area contributed by atoms with Gasteiger partial charge in [0.2, 0.25) is 0 Å². The van der Waals surface area contributed by atoms with E-state index in [4.69, 9.17) is 14.6 Å². The molecule has 0 amide bonds. The van der Waals surface area contributed by atoms with E-state index in [-0.39, 0.29) is 12.6 Å². The van der Waals surface area contributed by atoms with E-state index in [1.165, 1.54) is 119 Å². The number of ether oxygens (including phenoxy) is 1. The van der Waals surface area contributed by atoms with E-state index >= 15 is 0 Å². The predicted molar refractivity (Wildman–Crippen MR) is 204 cm³/mol. The topological polar surface area (TPSA) is 46.5 Å². The second-order valence-electron chi connectivity index (χ2n) is 14.5. The van der Waals surface area contributed by atoms with Crippen LogP contribution < -0.4 is 0 Å². The van der Waals surface area contributed by atoms with Crippen molar-refractivity contribution >= 4 is 6.47 Å². The summed E-state index contributed by atoms with van der Waals surface area (Å²) in [6, 6.07) is 29.1. The van der Waals surface area contributed by atoms with E-state index < -0.39 is 0 Å². The normalized spacial score (nSPS) is 21.2. The van der Waals surface area contributed by atoms with Crippen LogP contribution in [0.25, 0.3) is 0 Å². The van der Waals surface area contributed by atoms with E-state index in [1.54, 1.807) is 11.1 Å². The Bertz CT molecular complexity index is 1200. The Morgan fingerprint density at radius 1 is 0.667 bits per heavy atom. The molecule has 0 saturated heterocycles. The summed E-state index contributed by atoms with van der Waals surface area (Å²) in [6.45, 7) is 6.53. The van der Waals surface area contributed by atoms with Gasteiger partial charge < -0.3 is 9.84 Å². The van der Waals surface area contributed by atoms with Gasteiger partial charge in [-0.2, -0.15) is 0 Å². The molecule has 2 aliphatic rings. The number of methoxy groups -OCH3 is 1. The molecule has 1 N–H and O–H groups in total. The maximum absolute atomic E-state index is 8.36. The van der Waals surface area contributed by atoms with Crippen molar-refractivity contribution in [1.29, 1.82) is 0 Å². The smallest absolute Gasteiger partial charge is 0.290 e. The Morgan fingerprint density at radius 3 is 1.52 bits per heavy atom. The number of aryl methyl sites for hydroxylation is 1. The minimum atomic E-state index is -0.250. The number of hydrogen-bond donors (Lipinski definition) is 1. The van der Waals surface area contributed by atoms with Crippen LogP contribution in [0.1, 0.15) is 162 Å². The standard InChI is InChI=1S/C26H36O.C18H28.CH2O2/c1-3-4-6-9-21-12-16-23(17-13-21)24-18-14-22(15-19-24)20-26(27-2)25-10-7-5-8-11-25;1-3-4-5-6-16-9-13-18(14-10-16)17-11-7-15(2)8-12-17;2-1-3/h5,7-8,10-11,14-15,18-19,21,23,26H,3-4,6,9,12-13,16-17,20H2,1-2H3;7-8,11-12,16,18H,3-6,9-10,13-14H2,1-2H3;1H,(H,2,3). The minimum absolute atomic E-state index is 0.135. The first-order valence-electron chi connectivity index (χ1n) is 19.3. The molecule has 48 heavy (non-hydrogen) atoms. The molecule has 2 aliphatic carbocycles. The molecular formula is C45H66O3. The van der Waals surface area contributed by atoms with Crippen molar-refractivity contribution in [2.75, 3.05) is 7.11 Å². The molecule has 2 saturated carbocycles. The van der Waals surface area contributed by atoms with E-state index in [2.05, 4.69) is 99.6 Å². The molecule has 3 aromatic rings. The van der Waals surface area contributed by atoms with E-state index in [1.807, 2.05) is 7.11 Å². The Hall–Kier alpha value is -2.91. The zero-order chi connectivity index (χ0) is 34.4. The van der Waals surface area contributed by atoms with Gasteiger partial charge in [-0.25, -0.2) is 0 Å². The zero-order valence-electron chi connectivity index (χ0n) is 30.8. The van der Waals surface area contributed by atoms with Crippen molar-refractivity contribution in [2.45, 2.75) is 148 Å². The molecule has 5 rings (SSSR count). The summed E-state index contributed by atoms with van der Waals surface area (Å²) in [6.07, 6.45) is 23.8. The highest BCUT2D eigenvalue weighted by atomic mass is 16.5. The molecule has 1 unspecified atom stereocenters. The molecule has 0 aliphatic heterocycles. The average Bonchev–Trinajstić information content (AvgIpc) is 3.13. The molecule has 0 heterocycles. The van der Waals surface area contributed by atoms with Gasteiger partial charge in [0.25, 0.3) is 6.47 Å². The van der Waals surface area contributed by atoms with Crippen molar-refractivity contribution in [2.24, 2.45) is 11.8 Å². The molecule has 2 fully saturated rings. The van der Waals surface area contributed by atoms with Crippen molar-refractivity contribution in [3.8, 4) is 0 Å². The summed E-state index contributed by atoms with van der Waals surface area (Å²) in [4.78, 5) is 8.36. The highest BCUT2D eigenvalue weighted by Gasteiger charge is 2.23. The SMILES string of the molecule is CCCCCC1CCC(c2ccc(C)cc2)CC1.CCCCCC1CCC(c2ccc(CC(OC)c3ccccc3)cc2)CC1.O=CO. The second kappa shape index (κ2) is 23.4. The molecule has 0 spiro atoms. The Kier molecular flexibility index (Phi) is 19.3. The first kappa shape index (κ1) is 39.5. The second-order valence-corrected chi connectivity index (χ2v) is 14.5. The summed E-state index contributed by atoms with van der Waals surface area (Å²) in [7, 11) is 1.81. The molecule has 0 aromatic heterocycles. The lowest BCUT2D eigenvalue weighted by Crippen LogP contribution is -2.13. The van der Waals surface area contributed by atoms with Crippen molar-refractivity contribution in [1.82, 2.24) is 0 Å². The highest BCUT2D eigenvalue weighted by molar-refractivity contribution is 5.32. The Balaban J connectivity index is 0.000000257. The van der Waals surface area contributed by atoms with Gasteiger partial charge in [-0.15, -0.1) is 0 Å². The van der Waals surface area contributed by atoms with Gasteiger partial charge in [0.05, 0.1) is 6.10 Å². The van der Waals surface area contributed by atoms with Crippen LogP contribution in [0, 0.1) is 18.8 Å². The van der Waals surface area contributed by atoms with Crippen LogP contribution in [0.15, 0.2) is 78.9 Å². The highest BCUT2D eigenvalue weighted by Crippen LogP contribution is 2.39. The first-order valence-corrected chi connectivity index (χ1v) is 19.3. The number of unbranched alkanes of at least 4 members (excludes halogenated alkanes) is 4. The Labute approximate surface area is 293 Å². The summed E-state index contributed by atoms with van der Waals surface area (Å²) in [5.74, 6) is 3.63. The van der Waals surface area contributed by atoms with Gasteiger partial charge in [-0.1, -0.05) is 150 Å². The molecule has 264 valence electrons. The van der Waals surface area contributed by atoms with E-state index in [0.717, 1.165) is 30.1 Å². The van der Waals surface area contributed by atoms with E-state index in [9.17, 15) is 0 Å². The molecule has 3 nitrogen and oxygen atoms in total. The number of benzene rings is 3. The summed E-state index contributed by atoms with van der Waals surface area (Å²) in [5, 5.41) is 6.89. The van der Waals surface area contributed by atoms with Gasteiger partial charge in [-0.3, -0.25) is 4.79 Å². The summed E-state index contributed by atoms with van der Waals surface area (Å²) < 4.78 is 5.74. The lowest BCUT2D eigenvalue weighted by atomic mass is 9.77. The lowest BCUT2D eigenvalue weighted by Gasteiger charge is -2.29. The average molecular weight is 655 g/mol. The third-order valence-corrected chi connectivity index (χ3v) is 11.0. The van der Waals surface area contributed by atoms with Crippen LogP contribution in [0.4, 0.5) is 0 Å². The molecule has 3 heteroatoms. The van der Waals surface area contributed by atoms with Crippen molar-refractivity contribution in [3.05, 3.63) is 107 Å². The fraction of sp³-hybridized carbons (Fsp3) is 0.578. The fourth-order valence-electron chi connectivity index (χ4n) is 7.92. The summed E-state index contributed by atoms with van der Waals surface area (Å²) in [5.41, 5.74) is 7.12. The fourth-order valence-corrected chi connectivity index (χ4v) is 7.92.